The second-order valence-corrected chi connectivity index (χ2v) is 5.79. The van der Waals surface area contributed by atoms with Crippen LogP contribution in [0.5, 0.6) is 0 Å². The van der Waals surface area contributed by atoms with E-state index < -0.39 is 11.4 Å². The highest BCUT2D eigenvalue weighted by molar-refractivity contribution is 6.04. The minimum atomic E-state index is -0.852. The van der Waals surface area contributed by atoms with E-state index in [0.717, 1.165) is 5.56 Å². The summed E-state index contributed by atoms with van der Waals surface area (Å²) in [6.07, 6.45) is 0.400. The summed E-state index contributed by atoms with van der Waals surface area (Å²) in [6.45, 7) is 3.36. The lowest BCUT2D eigenvalue weighted by Gasteiger charge is -2.27. The highest BCUT2D eigenvalue weighted by Crippen LogP contribution is 2.24. The number of anilines is 1. The minimum absolute atomic E-state index is 0.00658. The molecule has 0 spiro atoms. The first-order chi connectivity index (χ1) is 9.79. The quantitative estimate of drug-likeness (QED) is 0.859. The van der Waals surface area contributed by atoms with Gasteiger partial charge in [-0.15, -0.1) is 0 Å². The summed E-state index contributed by atoms with van der Waals surface area (Å²) in [5, 5.41) is 11.6. The number of amides is 2. The number of hydrogen-bond donors (Lipinski definition) is 2. The molecule has 0 aliphatic carbocycles. The van der Waals surface area contributed by atoms with Crippen molar-refractivity contribution >= 4 is 23.5 Å². The number of carbonyl (C=O) groups excluding carboxylic acids is 2. The lowest BCUT2D eigenvalue weighted by atomic mass is 9.86. The Hall–Kier alpha value is -2.37. The SMILES string of the molecule is CC(C)(Cc1ccc(N2CC(=O)NCC2=O)cc1)C(=O)O. The monoisotopic (exact) mass is 290 g/mol. The van der Waals surface area contributed by atoms with Crippen molar-refractivity contribution in [3.8, 4) is 0 Å². The van der Waals surface area contributed by atoms with E-state index in [1.807, 2.05) is 0 Å². The third-order valence-electron chi connectivity index (χ3n) is 3.51. The van der Waals surface area contributed by atoms with Crippen LogP contribution in [0.1, 0.15) is 19.4 Å². The minimum Gasteiger partial charge on any atom is -0.481 e. The summed E-state index contributed by atoms with van der Waals surface area (Å²) >= 11 is 0. The number of piperazine rings is 1. The zero-order chi connectivity index (χ0) is 15.6. The van der Waals surface area contributed by atoms with Crippen molar-refractivity contribution in [3.63, 3.8) is 0 Å². The van der Waals surface area contributed by atoms with Gasteiger partial charge in [-0.05, 0) is 38.0 Å². The van der Waals surface area contributed by atoms with Gasteiger partial charge in [-0.25, -0.2) is 0 Å². The van der Waals surface area contributed by atoms with Crippen LogP contribution < -0.4 is 10.2 Å². The van der Waals surface area contributed by atoms with Crippen LogP contribution in [-0.2, 0) is 20.8 Å². The molecule has 21 heavy (non-hydrogen) atoms. The van der Waals surface area contributed by atoms with Gasteiger partial charge in [0.15, 0.2) is 0 Å². The highest BCUT2D eigenvalue weighted by atomic mass is 16.4. The Morgan fingerprint density at radius 2 is 1.90 bits per heavy atom. The molecule has 1 aliphatic heterocycles. The zero-order valence-corrected chi connectivity index (χ0v) is 12.0. The van der Waals surface area contributed by atoms with E-state index in [2.05, 4.69) is 5.32 Å². The molecule has 2 N–H and O–H groups in total. The van der Waals surface area contributed by atoms with E-state index in [4.69, 9.17) is 5.11 Å². The molecule has 0 radical (unpaired) electrons. The molecule has 1 aromatic carbocycles. The van der Waals surface area contributed by atoms with E-state index in [1.165, 1.54) is 4.90 Å². The molecule has 2 rings (SSSR count). The molecule has 6 nitrogen and oxygen atoms in total. The third-order valence-corrected chi connectivity index (χ3v) is 3.51. The van der Waals surface area contributed by atoms with E-state index in [0.29, 0.717) is 12.1 Å². The van der Waals surface area contributed by atoms with Crippen molar-refractivity contribution in [2.24, 2.45) is 5.41 Å². The van der Waals surface area contributed by atoms with Crippen LogP contribution in [0.2, 0.25) is 0 Å². The number of benzene rings is 1. The van der Waals surface area contributed by atoms with Gasteiger partial charge >= 0.3 is 5.97 Å². The van der Waals surface area contributed by atoms with Crippen molar-refractivity contribution in [2.45, 2.75) is 20.3 Å². The van der Waals surface area contributed by atoms with Gasteiger partial charge in [-0.2, -0.15) is 0 Å². The molecule has 1 fully saturated rings. The molecular formula is C15H18N2O4. The average molecular weight is 290 g/mol. The number of hydrogen-bond acceptors (Lipinski definition) is 3. The summed E-state index contributed by atoms with van der Waals surface area (Å²) in [6, 6.07) is 7.06. The lowest BCUT2D eigenvalue weighted by molar-refractivity contribution is -0.146. The van der Waals surface area contributed by atoms with Gasteiger partial charge in [0.2, 0.25) is 11.8 Å². The van der Waals surface area contributed by atoms with E-state index in [1.54, 1.807) is 38.1 Å². The summed E-state index contributed by atoms with van der Waals surface area (Å²) in [5.74, 6) is -1.20. The van der Waals surface area contributed by atoms with Gasteiger partial charge in [-0.1, -0.05) is 12.1 Å². The topological polar surface area (TPSA) is 86.7 Å². The fourth-order valence-corrected chi connectivity index (χ4v) is 2.17. The van der Waals surface area contributed by atoms with E-state index >= 15 is 0 Å². The number of rotatable bonds is 4. The molecule has 112 valence electrons. The molecule has 0 bridgehead atoms. The molecule has 0 unspecified atom stereocenters. The number of carbonyl (C=O) groups is 3. The normalized spacial score (nSPS) is 15.8. The maximum Gasteiger partial charge on any atom is 0.309 e. The predicted molar refractivity (Wildman–Crippen MR) is 76.9 cm³/mol. The van der Waals surface area contributed by atoms with Crippen LogP contribution in [0, 0.1) is 5.41 Å². The van der Waals surface area contributed by atoms with Crippen molar-refractivity contribution in [1.29, 1.82) is 0 Å². The maximum absolute atomic E-state index is 11.8. The second-order valence-electron chi connectivity index (χ2n) is 5.79. The predicted octanol–water partition coefficient (Wildman–Crippen LogP) is 0.803. The third kappa shape index (κ3) is 3.39. The molecule has 1 heterocycles. The lowest BCUT2D eigenvalue weighted by Crippen LogP contribution is -2.51. The highest BCUT2D eigenvalue weighted by Gasteiger charge is 2.28. The van der Waals surface area contributed by atoms with Crippen LogP contribution >= 0.6 is 0 Å². The molecule has 1 aliphatic rings. The molecule has 1 saturated heterocycles. The van der Waals surface area contributed by atoms with Gasteiger partial charge in [0.05, 0.1) is 12.0 Å². The number of nitrogens with one attached hydrogen (secondary N) is 1. The van der Waals surface area contributed by atoms with Gasteiger partial charge in [-0.3, -0.25) is 14.4 Å². The average Bonchev–Trinajstić information content (AvgIpc) is 2.42. The number of carboxylic acid groups (broad SMARTS) is 1. The second kappa shape index (κ2) is 5.55. The Labute approximate surface area is 122 Å². The number of aliphatic carboxylic acids is 1. The van der Waals surface area contributed by atoms with Crippen molar-refractivity contribution in [3.05, 3.63) is 29.8 Å². The molecular weight excluding hydrogens is 272 g/mol. The zero-order valence-electron chi connectivity index (χ0n) is 12.0. The molecule has 6 heteroatoms. The van der Waals surface area contributed by atoms with Gasteiger partial charge in [0.25, 0.3) is 0 Å². The van der Waals surface area contributed by atoms with Crippen LogP contribution in [0.15, 0.2) is 24.3 Å². The Bertz CT molecular complexity index is 578. The fourth-order valence-electron chi connectivity index (χ4n) is 2.17. The summed E-state index contributed by atoms with van der Waals surface area (Å²) in [5.41, 5.74) is 0.675. The first kappa shape index (κ1) is 15.0. The van der Waals surface area contributed by atoms with Crippen molar-refractivity contribution < 1.29 is 19.5 Å². The van der Waals surface area contributed by atoms with Crippen LogP contribution in [-0.4, -0.2) is 36.0 Å². The largest absolute Gasteiger partial charge is 0.481 e. The maximum atomic E-state index is 11.8. The smallest absolute Gasteiger partial charge is 0.309 e. The Balaban J connectivity index is 2.13. The standard InChI is InChI=1S/C15H18N2O4/c1-15(2,14(20)21)7-10-3-5-11(6-4-10)17-9-12(18)16-8-13(17)19/h3-6H,7-9H2,1-2H3,(H,16,18)(H,20,21). The first-order valence-corrected chi connectivity index (χ1v) is 6.69. The molecule has 0 saturated carbocycles. The molecule has 2 amide bonds. The van der Waals surface area contributed by atoms with Crippen molar-refractivity contribution in [1.82, 2.24) is 5.32 Å². The fraction of sp³-hybridized carbons (Fsp3) is 0.400. The van der Waals surface area contributed by atoms with E-state index in [-0.39, 0.29) is 24.9 Å². The Kier molecular flexibility index (Phi) is 3.97. The Morgan fingerprint density at radius 3 is 2.48 bits per heavy atom. The van der Waals surface area contributed by atoms with Gasteiger partial charge in [0, 0.05) is 5.69 Å². The van der Waals surface area contributed by atoms with Crippen molar-refractivity contribution in [2.75, 3.05) is 18.0 Å². The van der Waals surface area contributed by atoms with Crippen LogP contribution in [0.25, 0.3) is 0 Å². The summed E-state index contributed by atoms with van der Waals surface area (Å²) < 4.78 is 0. The summed E-state index contributed by atoms with van der Waals surface area (Å²) in [7, 11) is 0. The molecule has 1 aromatic rings. The summed E-state index contributed by atoms with van der Waals surface area (Å²) in [4.78, 5) is 35.7. The van der Waals surface area contributed by atoms with E-state index in [9.17, 15) is 14.4 Å². The molecule has 0 aromatic heterocycles. The van der Waals surface area contributed by atoms with Crippen LogP contribution in [0.4, 0.5) is 5.69 Å². The van der Waals surface area contributed by atoms with Gasteiger partial charge in [0.1, 0.15) is 6.54 Å². The number of carboxylic acids is 1. The first-order valence-electron chi connectivity index (χ1n) is 6.69. The van der Waals surface area contributed by atoms with Gasteiger partial charge < -0.3 is 15.3 Å². The Morgan fingerprint density at radius 1 is 1.29 bits per heavy atom. The number of nitrogens with zero attached hydrogens (tertiary/aromatic N) is 1. The van der Waals surface area contributed by atoms with Crippen LogP contribution in [0.3, 0.4) is 0 Å². The molecule has 0 atom stereocenters.